The van der Waals surface area contributed by atoms with Crippen LogP contribution in [-0.4, -0.2) is 15.0 Å². The molecule has 0 bridgehead atoms. The summed E-state index contributed by atoms with van der Waals surface area (Å²) < 4.78 is 1.09. The van der Waals surface area contributed by atoms with Crippen LogP contribution in [0.2, 0.25) is 10.0 Å². The summed E-state index contributed by atoms with van der Waals surface area (Å²) in [5.41, 5.74) is 9.37. The number of benzene rings is 2. The van der Waals surface area contributed by atoms with Crippen LogP contribution in [-0.2, 0) is 0 Å². The molecule has 0 aliphatic carbocycles. The number of nitrogens with two attached hydrogens (primary N) is 1. The van der Waals surface area contributed by atoms with E-state index in [1.807, 2.05) is 25.1 Å². The maximum atomic E-state index is 6.24. The van der Waals surface area contributed by atoms with Gasteiger partial charge in [-0.25, -0.2) is 15.0 Å². The number of nitrogen functional groups attached to an aromatic ring is 1. The molecule has 0 radical (unpaired) electrons. The van der Waals surface area contributed by atoms with Crippen LogP contribution in [0, 0.1) is 6.92 Å². The van der Waals surface area contributed by atoms with E-state index in [-0.39, 0.29) is 0 Å². The fourth-order valence-electron chi connectivity index (χ4n) is 2.60. The predicted octanol–water partition coefficient (Wildman–Crippen LogP) is 5.77. The molecule has 0 fully saturated rings. The second-order valence-electron chi connectivity index (χ2n) is 5.83. The molecule has 2 heterocycles. The summed E-state index contributed by atoms with van der Waals surface area (Å²) in [4.78, 5) is 13.1. The maximum absolute atomic E-state index is 6.24. The van der Waals surface area contributed by atoms with Crippen LogP contribution in [0.1, 0.15) is 5.56 Å². The molecule has 4 N–H and O–H groups in total. The Morgan fingerprint density at radius 2 is 1.70 bits per heavy atom. The molecule has 136 valence electrons. The fraction of sp³-hybridized carbons (Fsp3) is 0.0556. The van der Waals surface area contributed by atoms with Crippen LogP contribution in [0.15, 0.2) is 42.7 Å². The summed E-state index contributed by atoms with van der Waals surface area (Å²) in [6.07, 6.45) is 1.42. The lowest BCUT2D eigenvalue weighted by atomic mass is 10.2. The van der Waals surface area contributed by atoms with Gasteiger partial charge in [-0.2, -0.15) is 0 Å². The smallest absolute Gasteiger partial charge is 0.189 e. The summed E-state index contributed by atoms with van der Waals surface area (Å²) in [5, 5.41) is 8.03. The van der Waals surface area contributed by atoms with E-state index in [2.05, 4.69) is 25.6 Å². The van der Waals surface area contributed by atoms with Gasteiger partial charge in [-0.1, -0.05) is 46.7 Å². The third-order valence-electron chi connectivity index (χ3n) is 3.86. The second kappa shape index (κ2) is 7.19. The van der Waals surface area contributed by atoms with Crippen LogP contribution < -0.4 is 16.4 Å². The zero-order valence-corrected chi connectivity index (χ0v) is 16.5. The molecule has 0 amide bonds. The number of thiazole rings is 1. The standard InChI is InChI=1S/C18H14Cl2N6S/c1-9-3-2-4-13-15(9)25-18(27-13)26-17-14(21)16(22-8-23-17)24-12-6-10(19)5-11(20)7-12/h2-8H,21H2,1H3,(H2,22,23,24,25,26). The average molecular weight is 417 g/mol. The second-order valence-corrected chi connectivity index (χ2v) is 7.74. The molecule has 0 spiro atoms. The van der Waals surface area contributed by atoms with Crippen molar-refractivity contribution >= 4 is 72.9 Å². The molecule has 0 saturated carbocycles. The average Bonchev–Trinajstić information content (AvgIpc) is 3.02. The number of rotatable bonds is 4. The van der Waals surface area contributed by atoms with E-state index < -0.39 is 0 Å². The predicted molar refractivity (Wildman–Crippen MR) is 114 cm³/mol. The number of hydrogen-bond acceptors (Lipinski definition) is 7. The maximum Gasteiger partial charge on any atom is 0.189 e. The molecule has 0 aliphatic rings. The molecule has 6 nitrogen and oxygen atoms in total. The molecule has 4 rings (SSSR count). The normalized spacial score (nSPS) is 10.9. The molecule has 4 aromatic rings. The largest absolute Gasteiger partial charge is 0.393 e. The first kappa shape index (κ1) is 17.8. The lowest BCUT2D eigenvalue weighted by Gasteiger charge is -2.11. The minimum Gasteiger partial charge on any atom is -0.393 e. The molecule has 0 aliphatic heterocycles. The number of nitrogens with one attached hydrogen (secondary N) is 2. The minimum absolute atomic E-state index is 0.365. The van der Waals surface area contributed by atoms with Crippen LogP contribution in [0.3, 0.4) is 0 Å². The first-order chi connectivity index (χ1) is 13.0. The summed E-state index contributed by atoms with van der Waals surface area (Å²) in [5.74, 6) is 0.917. The molecule has 27 heavy (non-hydrogen) atoms. The fourth-order valence-corrected chi connectivity index (χ4v) is 4.07. The SMILES string of the molecule is Cc1cccc2sc(Nc3ncnc(Nc4cc(Cl)cc(Cl)c4)c3N)nc12. The van der Waals surface area contributed by atoms with Gasteiger partial charge in [0.05, 0.1) is 10.2 Å². The number of halogens is 2. The van der Waals surface area contributed by atoms with E-state index in [0.717, 1.165) is 15.8 Å². The molecule has 0 unspecified atom stereocenters. The van der Waals surface area contributed by atoms with Crippen molar-refractivity contribution in [2.24, 2.45) is 0 Å². The third kappa shape index (κ3) is 3.75. The molecular formula is C18H14Cl2N6S. The highest BCUT2D eigenvalue weighted by Gasteiger charge is 2.12. The van der Waals surface area contributed by atoms with Crippen molar-refractivity contribution in [1.29, 1.82) is 0 Å². The Kier molecular flexibility index (Phi) is 4.73. The monoisotopic (exact) mass is 416 g/mol. The highest BCUT2D eigenvalue weighted by Crippen LogP contribution is 2.33. The minimum atomic E-state index is 0.365. The Morgan fingerprint density at radius 3 is 2.41 bits per heavy atom. The van der Waals surface area contributed by atoms with Crippen molar-refractivity contribution in [2.75, 3.05) is 16.4 Å². The van der Waals surface area contributed by atoms with E-state index in [0.29, 0.717) is 38.2 Å². The first-order valence-corrected chi connectivity index (χ1v) is 9.53. The number of nitrogens with zero attached hydrogens (tertiary/aromatic N) is 3. The van der Waals surface area contributed by atoms with Crippen LogP contribution in [0.4, 0.5) is 28.1 Å². The van der Waals surface area contributed by atoms with Gasteiger partial charge in [-0.05, 0) is 36.8 Å². The molecule has 9 heteroatoms. The Hall–Kier alpha value is -2.61. The van der Waals surface area contributed by atoms with Crippen LogP contribution in [0.5, 0.6) is 0 Å². The summed E-state index contributed by atoms with van der Waals surface area (Å²) in [6, 6.07) is 11.2. The van der Waals surface area contributed by atoms with Gasteiger partial charge in [-0.3, -0.25) is 0 Å². The first-order valence-electron chi connectivity index (χ1n) is 7.96. The molecule has 0 atom stereocenters. The van der Waals surface area contributed by atoms with E-state index in [4.69, 9.17) is 28.9 Å². The van der Waals surface area contributed by atoms with E-state index in [1.165, 1.54) is 17.7 Å². The van der Waals surface area contributed by atoms with E-state index in [9.17, 15) is 0 Å². The van der Waals surface area contributed by atoms with Gasteiger partial charge in [0.25, 0.3) is 0 Å². The Morgan fingerprint density at radius 1 is 1.00 bits per heavy atom. The lowest BCUT2D eigenvalue weighted by Crippen LogP contribution is -2.05. The van der Waals surface area contributed by atoms with Gasteiger partial charge in [0.1, 0.15) is 12.0 Å². The zero-order chi connectivity index (χ0) is 19.0. The third-order valence-corrected chi connectivity index (χ3v) is 5.23. The van der Waals surface area contributed by atoms with Crippen molar-refractivity contribution in [3.8, 4) is 0 Å². The number of aromatic nitrogens is 3. The van der Waals surface area contributed by atoms with Crippen molar-refractivity contribution in [3.05, 3.63) is 58.3 Å². The number of aryl methyl sites for hydroxylation is 1. The number of hydrogen-bond donors (Lipinski definition) is 3. The topological polar surface area (TPSA) is 88.8 Å². The van der Waals surface area contributed by atoms with Gasteiger partial charge in [-0.15, -0.1) is 0 Å². The molecule has 2 aromatic heterocycles. The molecule has 2 aromatic carbocycles. The highest BCUT2D eigenvalue weighted by molar-refractivity contribution is 7.22. The van der Waals surface area contributed by atoms with Gasteiger partial charge >= 0.3 is 0 Å². The van der Waals surface area contributed by atoms with Crippen molar-refractivity contribution in [2.45, 2.75) is 6.92 Å². The number of para-hydroxylation sites is 1. The van der Waals surface area contributed by atoms with Gasteiger partial charge in [0.15, 0.2) is 16.8 Å². The van der Waals surface area contributed by atoms with Gasteiger partial charge < -0.3 is 16.4 Å². The van der Waals surface area contributed by atoms with Gasteiger partial charge in [0.2, 0.25) is 0 Å². The van der Waals surface area contributed by atoms with Crippen LogP contribution >= 0.6 is 34.5 Å². The Balaban J connectivity index is 1.64. The van der Waals surface area contributed by atoms with Crippen molar-refractivity contribution < 1.29 is 0 Å². The summed E-state index contributed by atoms with van der Waals surface area (Å²) >= 11 is 13.6. The summed E-state index contributed by atoms with van der Waals surface area (Å²) in [7, 11) is 0. The number of fused-ring (bicyclic) bond motifs is 1. The Bertz CT molecular complexity index is 1120. The van der Waals surface area contributed by atoms with Crippen molar-refractivity contribution in [1.82, 2.24) is 15.0 Å². The van der Waals surface area contributed by atoms with Gasteiger partial charge in [0, 0.05) is 15.7 Å². The number of anilines is 5. The Labute approximate surface area is 169 Å². The quantitative estimate of drug-likeness (QED) is 0.391. The lowest BCUT2D eigenvalue weighted by molar-refractivity contribution is 1.17. The van der Waals surface area contributed by atoms with Crippen LogP contribution in [0.25, 0.3) is 10.2 Å². The van der Waals surface area contributed by atoms with E-state index >= 15 is 0 Å². The zero-order valence-electron chi connectivity index (χ0n) is 14.1. The van der Waals surface area contributed by atoms with Crippen molar-refractivity contribution in [3.63, 3.8) is 0 Å². The van der Waals surface area contributed by atoms with E-state index in [1.54, 1.807) is 18.2 Å². The molecular weight excluding hydrogens is 403 g/mol. The highest BCUT2D eigenvalue weighted by atomic mass is 35.5. The summed E-state index contributed by atoms with van der Waals surface area (Å²) in [6.45, 7) is 2.03. The molecule has 0 saturated heterocycles.